The number of carboxylic acids is 2. The van der Waals surface area contributed by atoms with Crippen LogP contribution in [0.3, 0.4) is 0 Å². The molecule has 1 fully saturated rings. The molecule has 1 saturated heterocycles. The monoisotopic (exact) mass is 294 g/mol. The third-order valence-electron chi connectivity index (χ3n) is 2.93. The van der Waals surface area contributed by atoms with Crippen molar-refractivity contribution in [2.45, 2.75) is 26.3 Å². The average Bonchev–Trinajstić information content (AvgIpc) is 2.26. The number of hydrogen-bond donors (Lipinski definition) is 3. The smallest absolute Gasteiger partial charge is 0.308 e. The van der Waals surface area contributed by atoms with Crippen molar-refractivity contribution in [2.75, 3.05) is 13.1 Å². The topological polar surface area (TPSA) is 124 Å². The summed E-state index contributed by atoms with van der Waals surface area (Å²) in [6.07, 6.45) is -0.00863. The van der Waals surface area contributed by atoms with E-state index in [2.05, 4.69) is 4.72 Å². The van der Waals surface area contributed by atoms with Crippen LogP contribution in [0.4, 0.5) is 0 Å². The Bertz CT molecular complexity index is 461. The number of piperidine rings is 1. The molecule has 2 atom stereocenters. The van der Waals surface area contributed by atoms with E-state index in [0.29, 0.717) is 0 Å². The Balaban J connectivity index is 2.88. The molecular weight excluding hydrogens is 276 g/mol. The van der Waals surface area contributed by atoms with Gasteiger partial charge in [-0.3, -0.25) is 9.59 Å². The van der Waals surface area contributed by atoms with E-state index >= 15 is 0 Å². The number of hydrogen-bond acceptors (Lipinski definition) is 4. The van der Waals surface area contributed by atoms with Gasteiger partial charge in [-0.1, -0.05) is 0 Å². The van der Waals surface area contributed by atoms with Crippen molar-refractivity contribution in [3.05, 3.63) is 0 Å². The molecule has 1 heterocycles. The number of carboxylic acid groups (broad SMARTS) is 2. The summed E-state index contributed by atoms with van der Waals surface area (Å²) in [6, 6.07) is -0.314. The Kier molecular flexibility index (Phi) is 4.88. The van der Waals surface area contributed by atoms with Crippen LogP contribution < -0.4 is 4.72 Å². The maximum atomic E-state index is 11.9. The normalized spacial score (nSPS) is 25.4. The van der Waals surface area contributed by atoms with Crippen LogP contribution >= 0.6 is 0 Å². The maximum Gasteiger partial charge on any atom is 0.308 e. The molecule has 3 N–H and O–H groups in total. The predicted octanol–water partition coefficient (Wildman–Crippen LogP) is -0.663. The fourth-order valence-electron chi connectivity index (χ4n) is 2.06. The number of carbonyl (C=O) groups is 2. The second kappa shape index (κ2) is 5.85. The summed E-state index contributed by atoms with van der Waals surface area (Å²) < 4.78 is 27.2. The summed E-state index contributed by atoms with van der Waals surface area (Å²) in [4.78, 5) is 22.0. The third kappa shape index (κ3) is 3.88. The van der Waals surface area contributed by atoms with Crippen LogP contribution in [0.5, 0.6) is 0 Å². The Morgan fingerprint density at radius 2 is 1.74 bits per heavy atom. The first kappa shape index (κ1) is 15.9. The maximum absolute atomic E-state index is 11.9. The van der Waals surface area contributed by atoms with E-state index in [9.17, 15) is 18.0 Å². The first-order valence-electron chi connectivity index (χ1n) is 5.88. The first-order valence-corrected chi connectivity index (χ1v) is 7.32. The molecule has 0 aromatic rings. The Hall–Kier alpha value is -1.19. The van der Waals surface area contributed by atoms with Gasteiger partial charge in [0.05, 0.1) is 11.8 Å². The van der Waals surface area contributed by atoms with Crippen molar-refractivity contribution in [1.82, 2.24) is 9.03 Å². The van der Waals surface area contributed by atoms with Gasteiger partial charge in [0.15, 0.2) is 0 Å². The first-order chi connectivity index (χ1) is 8.65. The standard InChI is InChI=1S/C10H18N2O6S/c1-6(2)11-19(17,18)12-4-3-7(9(13)14)8(5-12)10(15)16/h6-8,11H,3-5H2,1-2H3,(H,13,14)(H,15,16). The van der Waals surface area contributed by atoms with E-state index in [-0.39, 0.29) is 25.6 Å². The summed E-state index contributed by atoms with van der Waals surface area (Å²) in [5.41, 5.74) is 0. The van der Waals surface area contributed by atoms with Gasteiger partial charge >= 0.3 is 11.9 Å². The molecule has 0 saturated carbocycles. The summed E-state index contributed by atoms with van der Waals surface area (Å²) in [5.74, 6) is -4.78. The highest BCUT2D eigenvalue weighted by atomic mass is 32.2. The van der Waals surface area contributed by atoms with Crippen LogP contribution in [0.15, 0.2) is 0 Å². The summed E-state index contributed by atoms with van der Waals surface area (Å²) in [5, 5.41) is 18.0. The van der Waals surface area contributed by atoms with Gasteiger partial charge < -0.3 is 10.2 Å². The zero-order chi connectivity index (χ0) is 14.8. The molecule has 19 heavy (non-hydrogen) atoms. The van der Waals surface area contributed by atoms with Crippen molar-refractivity contribution in [3.8, 4) is 0 Å². The highest BCUT2D eigenvalue weighted by molar-refractivity contribution is 7.87. The molecule has 1 aliphatic rings. The van der Waals surface area contributed by atoms with Gasteiger partial charge in [-0.15, -0.1) is 0 Å². The van der Waals surface area contributed by atoms with Gasteiger partial charge in [0.25, 0.3) is 10.2 Å². The molecule has 0 aromatic heterocycles. The highest BCUT2D eigenvalue weighted by Crippen LogP contribution is 2.25. The number of rotatable bonds is 5. The van der Waals surface area contributed by atoms with Crippen molar-refractivity contribution in [1.29, 1.82) is 0 Å². The van der Waals surface area contributed by atoms with E-state index in [1.165, 1.54) is 0 Å². The van der Waals surface area contributed by atoms with Gasteiger partial charge in [-0.25, -0.2) is 0 Å². The summed E-state index contributed by atoms with van der Waals surface area (Å²) in [6.45, 7) is 2.98. The average molecular weight is 294 g/mol. The van der Waals surface area contributed by atoms with Crippen LogP contribution in [0.1, 0.15) is 20.3 Å². The summed E-state index contributed by atoms with van der Waals surface area (Å²) >= 11 is 0. The van der Waals surface area contributed by atoms with Gasteiger partial charge in [-0.2, -0.15) is 17.4 Å². The van der Waals surface area contributed by atoms with Crippen LogP contribution in [0.2, 0.25) is 0 Å². The molecule has 110 valence electrons. The lowest BCUT2D eigenvalue weighted by Crippen LogP contribution is -2.52. The minimum Gasteiger partial charge on any atom is -0.481 e. The molecule has 0 spiro atoms. The quantitative estimate of drug-likeness (QED) is 0.618. The SMILES string of the molecule is CC(C)NS(=O)(=O)N1CCC(C(=O)O)C(C(=O)O)C1. The second-order valence-corrected chi connectivity index (χ2v) is 6.52. The van der Waals surface area contributed by atoms with Gasteiger partial charge in [-0.05, 0) is 20.3 Å². The molecule has 2 unspecified atom stereocenters. The Morgan fingerprint density at radius 3 is 2.16 bits per heavy atom. The molecule has 1 aliphatic heterocycles. The van der Waals surface area contributed by atoms with E-state index in [0.717, 1.165) is 4.31 Å². The lowest BCUT2D eigenvalue weighted by atomic mass is 9.86. The van der Waals surface area contributed by atoms with Crippen LogP contribution in [-0.2, 0) is 19.8 Å². The summed E-state index contributed by atoms with van der Waals surface area (Å²) in [7, 11) is -3.77. The number of nitrogens with one attached hydrogen (secondary N) is 1. The zero-order valence-electron chi connectivity index (χ0n) is 10.7. The van der Waals surface area contributed by atoms with E-state index in [1.54, 1.807) is 13.8 Å². The molecule has 0 radical (unpaired) electrons. The van der Waals surface area contributed by atoms with Crippen LogP contribution in [0.25, 0.3) is 0 Å². The molecule has 0 amide bonds. The van der Waals surface area contributed by atoms with Gasteiger partial charge in [0.1, 0.15) is 0 Å². The molecule has 0 bridgehead atoms. The van der Waals surface area contributed by atoms with Crippen LogP contribution in [0, 0.1) is 11.8 Å². The number of aliphatic carboxylic acids is 2. The molecule has 0 aromatic carbocycles. The predicted molar refractivity (Wildman–Crippen MR) is 65.6 cm³/mol. The van der Waals surface area contributed by atoms with Crippen molar-refractivity contribution in [3.63, 3.8) is 0 Å². The van der Waals surface area contributed by atoms with Gasteiger partial charge in [0.2, 0.25) is 0 Å². The van der Waals surface area contributed by atoms with E-state index in [1.807, 2.05) is 0 Å². The number of nitrogens with zero attached hydrogens (tertiary/aromatic N) is 1. The molecular formula is C10H18N2O6S. The lowest BCUT2D eigenvalue weighted by Gasteiger charge is -2.34. The van der Waals surface area contributed by atoms with Crippen molar-refractivity contribution >= 4 is 22.1 Å². The highest BCUT2D eigenvalue weighted by Gasteiger charge is 2.42. The zero-order valence-corrected chi connectivity index (χ0v) is 11.6. The Morgan fingerprint density at radius 1 is 1.21 bits per heavy atom. The van der Waals surface area contributed by atoms with E-state index < -0.39 is 34.0 Å². The molecule has 0 aliphatic carbocycles. The largest absolute Gasteiger partial charge is 0.481 e. The van der Waals surface area contributed by atoms with Crippen molar-refractivity contribution in [2.24, 2.45) is 11.8 Å². The minimum atomic E-state index is -3.77. The molecule has 8 nitrogen and oxygen atoms in total. The lowest BCUT2D eigenvalue weighted by molar-refractivity contribution is -0.156. The van der Waals surface area contributed by atoms with E-state index in [4.69, 9.17) is 10.2 Å². The molecule has 9 heteroatoms. The fourth-order valence-corrected chi connectivity index (χ4v) is 3.51. The van der Waals surface area contributed by atoms with Crippen molar-refractivity contribution < 1.29 is 28.2 Å². The second-order valence-electron chi connectivity index (χ2n) is 4.81. The third-order valence-corrected chi connectivity index (χ3v) is 4.72. The minimum absolute atomic E-state index is 0.00278. The Labute approximate surface area is 111 Å². The van der Waals surface area contributed by atoms with Gasteiger partial charge in [0, 0.05) is 19.1 Å². The van der Waals surface area contributed by atoms with Crippen LogP contribution in [-0.4, -0.2) is 54.0 Å². The molecule has 1 rings (SSSR count). The fraction of sp³-hybridized carbons (Fsp3) is 0.800.